The number of Topliss-reactive ketones (excluding diaryl/α,β-unsaturated/α-hetero) is 1. The molecule has 0 unspecified atom stereocenters. The summed E-state index contributed by atoms with van der Waals surface area (Å²) in [5.74, 6) is -0.792. The van der Waals surface area contributed by atoms with E-state index in [2.05, 4.69) is 5.32 Å². The lowest BCUT2D eigenvalue weighted by Gasteiger charge is -2.11. The molecule has 26 heavy (non-hydrogen) atoms. The molecule has 0 aliphatic carbocycles. The Balaban J connectivity index is 2.00. The Morgan fingerprint density at radius 3 is 2.35 bits per heavy atom. The summed E-state index contributed by atoms with van der Waals surface area (Å²) in [6.07, 6.45) is 0.206. The summed E-state index contributed by atoms with van der Waals surface area (Å²) in [5.41, 5.74) is 4.36. The molecule has 0 aliphatic heterocycles. The van der Waals surface area contributed by atoms with Crippen LogP contribution in [0.2, 0.25) is 0 Å². The van der Waals surface area contributed by atoms with E-state index in [0.29, 0.717) is 22.4 Å². The number of carbonyl (C=O) groups is 3. The van der Waals surface area contributed by atoms with Crippen LogP contribution in [0.3, 0.4) is 0 Å². The van der Waals surface area contributed by atoms with Gasteiger partial charge < -0.3 is 10.1 Å². The first-order valence-electron chi connectivity index (χ1n) is 8.41. The van der Waals surface area contributed by atoms with Crippen molar-refractivity contribution in [2.24, 2.45) is 0 Å². The van der Waals surface area contributed by atoms with Crippen LogP contribution in [0, 0.1) is 20.8 Å². The van der Waals surface area contributed by atoms with Crippen LogP contribution in [0.25, 0.3) is 0 Å². The lowest BCUT2D eigenvalue weighted by molar-refractivity contribution is -0.116. The predicted molar refractivity (Wildman–Crippen MR) is 101 cm³/mol. The molecule has 2 aromatic rings. The van der Waals surface area contributed by atoms with Gasteiger partial charge in [0.15, 0.2) is 5.78 Å². The van der Waals surface area contributed by atoms with Gasteiger partial charge in [0, 0.05) is 24.1 Å². The predicted octanol–water partition coefficient (Wildman–Crippen LogP) is 4.00. The van der Waals surface area contributed by atoms with Crippen molar-refractivity contribution in [2.75, 3.05) is 12.4 Å². The van der Waals surface area contributed by atoms with Gasteiger partial charge in [-0.05, 0) is 55.7 Å². The number of methoxy groups -OCH3 is 1. The molecule has 136 valence electrons. The zero-order valence-electron chi connectivity index (χ0n) is 15.5. The topological polar surface area (TPSA) is 72.5 Å². The van der Waals surface area contributed by atoms with E-state index in [-0.39, 0.29) is 24.5 Å². The van der Waals surface area contributed by atoms with Crippen LogP contribution in [0.15, 0.2) is 36.4 Å². The first-order valence-corrected chi connectivity index (χ1v) is 8.41. The van der Waals surface area contributed by atoms with Crippen LogP contribution >= 0.6 is 0 Å². The zero-order valence-corrected chi connectivity index (χ0v) is 15.5. The van der Waals surface area contributed by atoms with Crippen molar-refractivity contribution in [3.05, 3.63) is 64.2 Å². The Morgan fingerprint density at radius 1 is 0.962 bits per heavy atom. The molecular formula is C21H23NO4. The summed E-state index contributed by atoms with van der Waals surface area (Å²) in [5, 5.41) is 2.76. The third-order valence-corrected chi connectivity index (χ3v) is 4.42. The van der Waals surface area contributed by atoms with E-state index in [1.54, 1.807) is 31.2 Å². The lowest BCUT2D eigenvalue weighted by atomic mass is 10.0. The molecule has 5 heteroatoms. The number of nitrogens with one attached hydrogen (secondary N) is 1. The van der Waals surface area contributed by atoms with Crippen LogP contribution in [0.5, 0.6) is 0 Å². The highest BCUT2D eigenvalue weighted by Crippen LogP contribution is 2.20. The van der Waals surface area contributed by atoms with E-state index in [0.717, 1.165) is 11.1 Å². The maximum Gasteiger partial charge on any atom is 0.338 e. The fraction of sp³-hybridized carbons (Fsp3) is 0.286. The summed E-state index contributed by atoms with van der Waals surface area (Å²) in [6, 6.07) is 10.6. The summed E-state index contributed by atoms with van der Waals surface area (Å²) in [7, 11) is 1.31. The number of hydrogen-bond acceptors (Lipinski definition) is 4. The monoisotopic (exact) mass is 353 g/mol. The Hall–Kier alpha value is -2.95. The molecule has 0 aliphatic rings. The quantitative estimate of drug-likeness (QED) is 0.629. The third-order valence-electron chi connectivity index (χ3n) is 4.42. The highest BCUT2D eigenvalue weighted by Gasteiger charge is 2.14. The largest absolute Gasteiger partial charge is 0.465 e. The molecule has 0 saturated heterocycles. The minimum atomic E-state index is -0.455. The number of amides is 1. The molecule has 0 fully saturated rings. The molecular weight excluding hydrogens is 330 g/mol. The van der Waals surface area contributed by atoms with Crippen LogP contribution < -0.4 is 5.32 Å². The Morgan fingerprint density at radius 2 is 1.69 bits per heavy atom. The van der Waals surface area contributed by atoms with Crippen molar-refractivity contribution in [2.45, 2.75) is 33.6 Å². The van der Waals surface area contributed by atoms with Crippen molar-refractivity contribution in [3.8, 4) is 0 Å². The number of benzene rings is 2. The molecule has 0 spiro atoms. The molecule has 0 aromatic heterocycles. The lowest BCUT2D eigenvalue weighted by Crippen LogP contribution is -2.15. The smallest absolute Gasteiger partial charge is 0.338 e. The summed E-state index contributed by atoms with van der Waals surface area (Å²) in [4.78, 5) is 36.2. The molecule has 0 atom stereocenters. The van der Waals surface area contributed by atoms with Crippen molar-refractivity contribution in [1.29, 1.82) is 0 Å². The molecule has 2 aromatic carbocycles. The number of ketones is 1. The summed E-state index contributed by atoms with van der Waals surface area (Å²) in [6.45, 7) is 5.68. The van der Waals surface area contributed by atoms with Crippen LogP contribution in [-0.4, -0.2) is 24.8 Å². The minimum Gasteiger partial charge on any atom is -0.465 e. The highest BCUT2D eigenvalue weighted by molar-refractivity contribution is 6.01. The second-order valence-electron chi connectivity index (χ2n) is 6.24. The average Bonchev–Trinajstić information content (AvgIpc) is 2.63. The first kappa shape index (κ1) is 19.4. The van der Waals surface area contributed by atoms with Crippen LogP contribution in [0.4, 0.5) is 5.69 Å². The van der Waals surface area contributed by atoms with Crippen molar-refractivity contribution in [1.82, 2.24) is 0 Å². The van der Waals surface area contributed by atoms with E-state index in [1.165, 1.54) is 7.11 Å². The van der Waals surface area contributed by atoms with Gasteiger partial charge in [0.1, 0.15) is 0 Å². The fourth-order valence-electron chi connectivity index (χ4n) is 2.60. The van der Waals surface area contributed by atoms with Crippen molar-refractivity contribution < 1.29 is 19.1 Å². The van der Waals surface area contributed by atoms with Gasteiger partial charge in [-0.1, -0.05) is 18.2 Å². The minimum absolute atomic E-state index is 0.0664. The van der Waals surface area contributed by atoms with E-state index in [9.17, 15) is 14.4 Å². The van der Waals surface area contributed by atoms with E-state index < -0.39 is 5.97 Å². The maximum atomic E-state index is 12.3. The first-order chi connectivity index (χ1) is 12.3. The number of carbonyl (C=O) groups excluding carboxylic acids is 3. The van der Waals surface area contributed by atoms with Crippen LogP contribution in [0.1, 0.15) is 50.2 Å². The second-order valence-corrected chi connectivity index (χ2v) is 6.24. The van der Waals surface area contributed by atoms with Gasteiger partial charge in [0.2, 0.25) is 5.91 Å². The second kappa shape index (κ2) is 8.43. The van der Waals surface area contributed by atoms with Crippen molar-refractivity contribution in [3.63, 3.8) is 0 Å². The molecule has 0 heterocycles. The van der Waals surface area contributed by atoms with E-state index in [4.69, 9.17) is 4.74 Å². The third kappa shape index (κ3) is 4.57. The van der Waals surface area contributed by atoms with Gasteiger partial charge in [0.05, 0.1) is 12.7 Å². The molecule has 1 amide bonds. The van der Waals surface area contributed by atoms with Gasteiger partial charge in [0.25, 0.3) is 0 Å². The molecule has 0 radical (unpaired) electrons. The van der Waals surface area contributed by atoms with Gasteiger partial charge in [-0.25, -0.2) is 4.79 Å². The molecule has 0 saturated carbocycles. The Kier molecular flexibility index (Phi) is 6.28. The number of esters is 1. The number of anilines is 1. The number of aryl methyl sites for hydroxylation is 2. The maximum absolute atomic E-state index is 12.3. The Labute approximate surface area is 153 Å². The van der Waals surface area contributed by atoms with Gasteiger partial charge in [-0.2, -0.15) is 0 Å². The zero-order chi connectivity index (χ0) is 19.3. The Bertz CT molecular complexity index is 855. The normalized spacial score (nSPS) is 10.3. The number of ether oxygens (including phenoxy) is 1. The van der Waals surface area contributed by atoms with E-state index in [1.807, 2.05) is 26.0 Å². The van der Waals surface area contributed by atoms with Crippen LogP contribution in [-0.2, 0) is 9.53 Å². The van der Waals surface area contributed by atoms with Gasteiger partial charge in [-0.15, -0.1) is 0 Å². The molecule has 0 bridgehead atoms. The molecule has 2 rings (SSSR count). The summed E-state index contributed by atoms with van der Waals surface area (Å²) < 4.78 is 4.73. The van der Waals surface area contributed by atoms with E-state index >= 15 is 0 Å². The van der Waals surface area contributed by atoms with Gasteiger partial charge in [-0.3, -0.25) is 9.59 Å². The van der Waals surface area contributed by atoms with Gasteiger partial charge >= 0.3 is 5.97 Å². The number of hydrogen-bond donors (Lipinski definition) is 1. The highest BCUT2D eigenvalue weighted by atomic mass is 16.5. The standard InChI is InChI=1S/C21H23NO4/c1-13-8-9-16(12-14(13)2)19(23)10-11-20(24)22-18-7-5-6-17(15(18)3)21(25)26-4/h5-9,12H,10-11H2,1-4H3,(H,22,24). The number of rotatable bonds is 6. The average molecular weight is 353 g/mol. The fourth-order valence-corrected chi connectivity index (χ4v) is 2.60. The SMILES string of the molecule is COC(=O)c1cccc(NC(=O)CCC(=O)c2ccc(C)c(C)c2)c1C. The molecule has 1 N–H and O–H groups in total. The summed E-state index contributed by atoms with van der Waals surface area (Å²) >= 11 is 0. The molecule has 5 nitrogen and oxygen atoms in total. The van der Waals surface area contributed by atoms with Crippen molar-refractivity contribution >= 4 is 23.3 Å².